The second kappa shape index (κ2) is 6.88. The first kappa shape index (κ1) is 13.5. The predicted octanol–water partition coefficient (Wildman–Crippen LogP) is 1.27. The Hall–Kier alpha value is -0.900. The molecular formula is C15H24N2O. The molecule has 1 unspecified atom stereocenters. The van der Waals surface area contributed by atoms with E-state index in [2.05, 4.69) is 41.5 Å². The van der Waals surface area contributed by atoms with Crippen molar-refractivity contribution in [2.24, 2.45) is 0 Å². The smallest absolute Gasteiger partial charge is 0.0587 e. The fourth-order valence-corrected chi connectivity index (χ4v) is 2.58. The molecule has 1 aromatic carbocycles. The Morgan fingerprint density at radius 1 is 1.28 bits per heavy atom. The Bertz CT molecular complexity index is 334. The maximum atomic E-state index is 9.50. The normalized spacial score (nSPS) is 19.9. The Kier molecular flexibility index (Phi) is 5.17. The number of aliphatic hydroxyl groups is 1. The van der Waals surface area contributed by atoms with E-state index >= 15 is 0 Å². The minimum absolute atomic E-state index is 0.181. The van der Waals surface area contributed by atoms with E-state index in [0.29, 0.717) is 6.04 Å². The van der Waals surface area contributed by atoms with Crippen molar-refractivity contribution >= 4 is 0 Å². The quantitative estimate of drug-likeness (QED) is 0.824. The molecule has 1 fully saturated rings. The lowest BCUT2D eigenvalue weighted by atomic mass is 10.0. The first-order valence-corrected chi connectivity index (χ1v) is 6.87. The molecule has 3 nitrogen and oxygen atoms in total. The van der Waals surface area contributed by atoms with Crippen molar-refractivity contribution in [2.75, 3.05) is 26.7 Å². The van der Waals surface area contributed by atoms with E-state index in [4.69, 9.17) is 0 Å². The molecule has 1 heterocycles. The van der Waals surface area contributed by atoms with Gasteiger partial charge >= 0.3 is 0 Å². The van der Waals surface area contributed by atoms with Crippen LogP contribution in [0, 0.1) is 0 Å². The van der Waals surface area contributed by atoms with Crippen molar-refractivity contribution in [3.8, 4) is 0 Å². The molecule has 3 heteroatoms. The van der Waals surface area contributed by atoms with Gasteiger partial charge in [0.25, 0.3) is 0 Å². The average Bonchev–Trinajstić information content (AvgIpc) is 2.41. The lowest BCUT2D eigenvalue weighted by Gasteiger charge is -2.32. The summed E-state index contributed by atoms with van der Waals surface area (Å²) < 4.78 is 0. The average molecular weight is 248 g/mol. The molecule has 2 N–H and O–H groups in total. The number of benzene rings is 1. The van der Waals surface area contributed by atoms with Crippen LogP contribution in [-0.4, -0.2) is 48.8 Å². The van der Waals surface area contributed by atoms with E-state index in [1.165, 1.54) is 18.4 Å². The number of rotatable bonds is 5. The topological polar surface area (TPSA) is 35.5 Å². The summed E-state index contributed by atoms with van der Waals surface area (Å²) in [7, 11) is 2.17. The summed E-state index contributed by atoms with van der Waals surface area (Å²) in [5.74, 6) is 0. The molecule has 0 bridgehead atoms. The number of likely N-dealkylation sites (tertiary alicyclic amines) is 1. The van der Waals surface area contributed by atoms with Crippen molar-refractivity contribution in [3.63, 3.8) is 0 Å². The lowest BCUT2D eigenvalue weighted by molar-refractivity contribution is 0.189. The standard InChI is InChI=1S/C15H24N2O/c1-17-9-7-14(8-10-17)16-15(12-18)11-13-5-3-2-4-6-13/h2-6,14-16,18H,7-12H2,1H3. The summed E-state index contributed by atoms with van der Waals surface area (Å²) in [5, 5.41) is 13.1. The van der Waals surface area contributed by atoms with Crippen LogP contribution in [0.1, 0.15) is 18.4 Å². The van der Waals surface area contributed by atoms with Gasteiger partial charge < -0.3 is 15.3 Å². The van der Waals surface area contributed by atoms with Gasteiger partial charge in [-0.15, -0.1) is 0 Å². The van der Waals surface area contributed by atoms with E-state index in [9.17, 15) is 5.11 Å². The fourth-order valence-electron chi connectivity index (χ4n) is 2.58. The van der Waals surface area contributed by atoms with Gasteiger partial charge in [0.05, 0.1) is 6.61 Å². The van der Waals surface area contributed by atoms with Crippen LogP contribution in [0.2, 0.25) is 0 Å². The van der Waals surface area contributed by atoms with E-state index in [-0.39, 0.29) is 12.6 Å². The Balaban J connectivity index is 1.82. The van der Waals surface area contributed by atoms with E-state index in [1.807, 2.05) is 6.07 Å². The van der Waals surface area contributed by atoms with Crippen LogP contribution in [-0.2, 0) is 6.42 Å². The van der Waals surface area contributed by atoms with Gasteiger partial charge in [-0.05, 0) is 45.0 Å². The Morgan fingerprint density at radius 2 is 1.94 bits per heavy atom. The van der Waals surface area contributed by atoms with Crippen molar-refractivity contribution in [2.45, 2.75) is 31.3 Å². The first-order valence-electron chi connectivity index (χ1n) is 6.87. The third-order valence-electron chi connectivity index (χ3n) is 3.74. The Labute approximate surface area is 110 Å². The van der Waals surface area contributed by atoms with Crippen molar-refractivity contribution in [3.05, 3.63) is 35.9 Å². The van der Waals surface area contributed by atoms with Gasteiger partial charge in [0, 0.05) is 12.1 Å². The van der Waals surface area contributed by atoms with Crippen LogP contribution < -0.4 is 5.32 Å². The lowest BCUT2D eigenvalue weighted by Crippen LogP contribution is -2.47. The monoisotopic (exact) mass is 248 g/mol. The molecule has 18 heavy (non-hydrogen) atoms. The molecule has 1 aliphatic heterocycles. The van der Waals surface area contributed by atoms with Gasteiger partial charge in [0.15, 0.2) is 0 Å². The van der Waals surface area contributed by atoms with Crippen LogP contribution in [0.4, 0.5) is 0 Å². The van der Waals surface area contributed by atoms with Gasteiger partial charge in [-0.25, -0.2) is 0 Å². The number of piperidine rings is 1. The number of hydrogen-bond donors (Lipinski definition) is 2. The minimum atomic E-state index is 0.181. The maximum absolute atomic E-state index is 9.50. The molecule has 1 aliphatic rings. The summed E-state index contributed by atoms with van der Waals surface area (Å²) in [6.45, 7) is 2.52. The number of nitrogens with one attached hydrogen (secondary N) is 1. The van der Waals surface area contributed by atoms with Gasteiger partial charge in [0.2, 0.25) is 0 Å². The molecule has 0 saturated carbocycles. The summed E-state index contributed by atoms with van der Waals surface area (Å²) in [6.07, 6.45) is 3.27. The van der Waals surface area contributed by atoms with E-state index in [0.717, 1.165) is 19.5 Å². The highest BCUT2D eigenvalue weighted by Gasteiger charge is 2.19. The van der Waals surface area contributed by atoms with Gasteiger partial charge in [0.1, 0.15) is 0 Å². The summed E-state index contributed by atoms with van der Waals surface area (Å²) in [6, 6.07) is 11.1. The van der Waals surface area contributed by atoms with Crippen molar-refractivity contribution in [1.82, 2.24) is 10.2 Å². The highest BCUT2D eigenvalue weighted by atomic mass is 16.3. The zero-order valence-corrected chi connectivity index (χ0v) is 11.2. The summed E-state index contributed by atoms with van der Waals surface area (Å²) in [5.41, 5.74) is 1.29. The highest BCUT2D eigenvalue weighted by molar-refractivity contribution is 5.16. The molecule has 2 rings (SSSR count). The number of nitrogens with zero attached hydrogens (tertiary/aromatic N) is 1. The van der Waals surface area contributed by atoms with Crippen LogP contribution in [0.3, 0.4) is 0 Å². The highest BCUT2D eigenvalue weighted by Crippen LogP contribution is 2.11. The molecule has 1 saturated heterocycles. The van der Waals surface area contributed by atoms with Crippen molar-refractivity contribution < 1.29 is 5.11 Å². The Morgan fingerprint density at radius 3 is 2.56 bits per heavy atom. The molecule has 0 aliphatic carbocycles. The molecule has 0 amide bonds. The zero-order chi connectivity index (χ0) is 12.8. The van der Waals surface area contributed by atoms with Gasteiger partial charge in [-0.1, -0.05) is 30.3 Å². The van der Waals surface area contributed by atoms with E-state index in [1.54, 1.807) is 0 Å². The summed E-state index contributed by atoms with van der Waals surface area (Å²) in [4.78, 5) is 2.36. The van der Waals surface area contributed by atoms with Crippen LogP contribution >= 0.6 is 0 Å². The van der Waals surface area contributed by atoms with Gasteiger partial charge in [-0.2, -0.15) is 0 Å². The molecule has 0 spiro atoms. The van der Waals surface area contributed by atoms with Crippen LogP contribution in [0.5, 0.6) is 0 Å². The maximum Gasteiger partial charge on any atom is 0.0587 e. The molecule has 100 valence electrons. The predicted molar refractivity (Wildman–Crippen MR) is 74.7 cm³/mol. The second-order valence-corrected chi connectivity index (χ2v) is 5.31. The van der Waals surface area contributed by atoms with Crippen LogP contribution in [0.25, 0.3) is 0 Å². The summed E-state index contributed by atoms with van der Waals surface area (Å²) >= 11 is 0. The fraction of sp³-hybridized carbons (Fsp3) is 0.600. The molecule has 0 radical (unpaired) electrons. The molecule has 1 aromatic rings. The molecule has 1 atom stereocenters. The largest absolute Gasteiger partial charge is 0.395 e. The second-order valence-electron chi connectivity index (χ2n) is 5.31. The third-order valence-corrected chi connectivity index (χ3v) is 3.74. The third kappa shape index (κ3) is 4.09. The number of aliphatic hydroxyl groups excluding tert-OH is 1. The number of hydrogen-bond acceptors (Lipinski definition) is 3. The minimum Gasteiger partial charge on any atom is -0.395 e. The SMILES string of the molecule is CN1CCC(NC(CO)Cc2ccccc2)CC1. The van der Waals surface area contributed by atoms with Gasteiger partial charge in [-0.3, -0.25) is 0 Å². The first-order chi connectivity index (χ1) is 8.78. The molecule has 0 aromatic heterocycles. The molecular weight excluding hydrogens is 224 g/mol. The van der Waals surface area contributed by atoms with E-state index < -0.39 is 0 Å². The zero-order valence-electron chi connectivity index (χ0n) is 11.2. The van der Waals surface area contributed by atoms with Crippen molar-refractivity contribution in [1.29, 1.82) is 0 Å². The van der Waals surface area contributed by atoms with Crippen LogP contribution in [0.15, 0.2) is 30.3 Å².